The van der Waals surface area contributed by atoms with Crippen LogP contribution in [0.2, 0.25) is 0 Å². The summed E-state index contributed by atoms with van der Waals surface area (Å²) >= 11 is 0. The second-order valence-electron chi connectivity index (χ2n) is 7.98. The molecule has 156 valence electrons. The Morgan fingerprint density at radius 3 is 2.68 bits per heavy atom. The van der Waals surface area contributed by atoms with Crippen LogP contribution in [0.25, 0.3) is 10.8 Å². The molecule has 0 atom stereocenters. The molecule has 0 unspecified atom stereocenters. The number of carbonyl (C=O) groups is 1. The van der Waals surface area contributed by atoms with Gasteiger partial charge in [-0.25, -0.2) is 4.98 Å². The molecule has 1 aliphatic carbocycles. The fraction of sp³-hybridized carbons (Fsp3) is 0.200. The average molecular weight is 413 g/mol. The summed E-state index contributed by atoms with van der Waals surface area (Å²) in [6.07, 6.45) is 5.71. The number of carbonyl (C=O) groups excluding carboxylic acids is 1. The predicted octanol–water partition coefficient (Wildman–Crippen LogP) is 5.22. The zero-order chi connectivity index (χ0) is 21.4. The molecule has 31 heavy (non-hydrogen) atoms. The molecule has 6 nitrogen and oxygen atoms in total. The van der Waals surface area contributed by atoms with E-state index in [0.717, 1.165) is 29.4 Å². The number of benzene rings is 2. The van der Waals surface area contributed by atoms with E-state index in [-0.39, 0.29) is 11.8 Å². The summed E-state index contributed by atoms with van der Waals surface area (Å²) < 4.78 is 7.99. The van der Waals surface area contributed by atoms with Crippen LogP contribution in [-0.4, -0.2) is 20.6 Å². The zero-order valence-electron chi connectivity index (χ0n) is 17.2. The van der Waals surface area contributed by atoms with Gasteiger partial charge in [-0.15, -0.1) is 0 Å². The molecule has 1 aliphatic rings. The van der Waals surface area contributed by atoms with Crippen molar-refractivity contribution < 1.29 is 14.6 Å². The Kier molecular flexibility index (Phi) is 4.82. The van der Waals surface area contributed by atoms with Crippen LogP contribution >= 0.6 is 0 Å². The second-order valence-corrected chi connectivity index (χ2v) is 7.98. The van der Waals surface area contributed by atoms with Gasteiger partial charge in [0.1, 0.15) is 18.2 Å². The molecule has 0 bridgehead atoms. The van der Waals surface area contributed by atoms with Gasteiger partial charge in [-0.2, -0.15) is 0 Å². The third kappa shape index (κ3) is 3.97. The van der Waals surface area contributed by atoms with E-state index in [1.165, 1.54) is 0 Å². The van der Waals surface area contributed by atoms with E-state index in [4.69, 9.17) is 4.74 Å². The molecule has 1 saturated carbocycles. The molecule has 2 N–H and O–H groups in total. The molecule has 2 aromatic heterocycles. The normalized spacial score (nSPS) is 13.3. The van der Waals surface area contributed by atoms with Crippen LogP contribution in [0.15, 0.2) is 67.0 Å². The van der Waals surface area contributed by atoms with E-state index in [1.54, 1.807) is 24.4 Å². The first kappa shape index (κ1) is 19.2. The number of hydrogen-bond acceptors (Lipinski definition) is 4. The topological polar surface area (TPSA) is 76.4 Å². The number of aromatic hydroxyl groups is 1. The van der Waals surface area contributed by atoms with Gasteiger partial charge in [0.15, 0.2) is 5.88 Å². The molecule has 1 amide bonds. The van der Waals surface area contributed by atoms with Gasteiger partial charge in [0.25, 0.3) is 5.91 Å². The Labute approximate surface area is 180 Å². The molecule has 4 aromatic rings. The summed E-state index contributed by atoms with van der Waals surface area (Å²) in [5.41, 5.74) is 2.45. The maximum Gasteiger partial charge on any atom is 0.256 e. The number of ether oxygens (including phenoxy) is 1. The van der Waals surface area contributed by atoms with Gasteiger partial charge in [-0.1, -0.05) is 36.4 Å². The SMILES string of the molecule is Cc1ccc(NC(=O)c2cc(OCc3ccccc3)c3cn(C4CC4)c(O)c3c2)nc1. The Morgan fingerprint density at radius 2 is 1.97 bits per heavy atom. The minimum absolute atomic E-state index is 0.171. The molecule has 1 fully saturated rings. The van der Waals surface area contributed by atoms with E-state index in [0.29, 0.717) is 35.2 Å². The highest BCUT2D eigenvalue weighted by Gasteiger charge is 2.28. The Balaban J connectivity index is 1.50. The maximum absolute atomic E-state index is 12.9. The number of amides is 1. The van der Waals surface area contributed by atoms with Crippen LogP contribution in [0, 0.1) is 6.92 Å². The lowest BCUT2D eigenvalue weighted by Crippen LogP contribution is -2.13. The lowest BCUT2D eigenvalue weighted by molar-refractivity contribution is 0.102. The van der Waals surface area contributed by atoms with Crippen LogP contribution in [0.5, 0.6) is 11.6 Å². The number of aromatic nitrogens is 2. The second kappa shape index (κ2) is 7.80. The maximum atomic E-state index is 12.9. The first-order valence-corrected chi connectivity index (χ1v) is 10.4. The summed E-state index contributed by atoms with van der Waals surface area (Å²) in [4.78, 5) is 17.2. The largest absolute Gasteiger partial charge is 0.494 e. The monoisotopic (exact) mass is 413 g/mol. The predicted molar refractivity (Wildman–Crippen MR) is 120 cm³/mol. The summed E-state index contributed by atoms with van der Waals surface area (Å²) in [6.45, 7) is 2.31. The quantitative estimate of drug-likeness (QED) is 0.455. The highest BCUT2D eigenvalue weighted by Crippen LogP contribution is 2.44. The van der Waals surface area contributed by atoms with Crippen molar-refractivity contribution in [3.05, 3.63) is 83.7 Å². The number of anilines is 1. The van der Waals surface area contributed by atoms with Crippen molar-refractivity contribution in [3.8, 4) is 11.6 Å². The Morgan fingerprint density at radius 1 is 1.16 bits per heavy atom. The number of fused-ring (bicyclic) bond motifs is 1. The van der Waals surface area contributed by atoms with Gasteiger partial charge >= 0.3 is 0 Å². The van der Waals surface area contributed by atoms with Crippen molar-refractivity contribution in [2.24, 2.45) is 0 Å². The van der Waals surface area contributed by atoms with Crippen LogP contribution < -0.4 is 10.1 Å². The number of nitrogens with zero attached hydrogens (tertiary/aromatic N) is 2. The molecule has 0 spiro atoms. The smallest absolute Gasteiger partial charge is 0.256 e. The minimum atomic E-state index is -0.304. The average Bonchev–Trinajstić information content (AvgIpc) is 3.58. The van der Waals surface area contributed by atoms with E-state index in [2.05, 4.69) is 10.3 Å². The molecule has 2 aromatic carbocycles. The van der Waals surface area contributed by atoms with Crippen molar-refractivity contribution in [2.45, 2.75) is 32.4 Å². The molecule has 5 rings (SSSR count). The molecule has 0 saturated heterocycles. The Bertz CT molecular complexity index is 1240. The third-order valence-electron chi connectivity index (χ3n) is 5.49. The summed E-state index contributed by atoms with van der Waals surface area (Å²) in [7, 11) is 0. The van der Waals surface area contributed by atoms with Gasteiger partial charge in [0.05, 0.1) is 0 Å². The number of rotatable bonds is 6. The van der Waals surface area contributed by atoms with Crippen LogP contribution in [0.4, 0.5) is 5.82 Å². The van der Waals surface area contributed by atoms with E-state index in [9.17, 15) is 9.90 Å². The van der Waals surface area contributed by atoms with Crippen molar-refractivity contribution >= 4 is 22.5 Å². The van der Waals surface area contributed by atoms with E-state index < -0.39 is 0 Å². The van der Waals surface area contributed by atoms with E-state index in [1.807, 2.05) is 54.1 Å². The molecular formula is C25H23N3O3. The van der Waals surface area contributed by atoms with Crippen molar-refractivity contribution in [2.75, 3.05) is 5.32 Å². The third-order valence-corrected chi connectivity index (χ3v) is 5.49. The molecule has 0 radical (unpaired) electrons. The number of nitrogens with one attached hydrogen (secondary N) is 1. The van der Waals surface area contributed by atoms with E-state index >= 15 is 0 Å². The minimum Gasteiger partial charge on any atom is -0.494 e. The summed E-state index contributed by atoms with van der Waals surface area (Å²) in [5.74, 6) is 0.909. The van der Waals surface area contributed by atoms with Crippen molar-refractivity contribution in [1.29, 1.82) is 0 Å². The molecule has 2 heterocycles. The Hall–Kier alpha value is -3.80. The lowest BCUT2D eigenvalue weighted by atomic mass is 10.1. The van der Waals surface area contributed by atoms with Gasteiger partial charge < -0.3 is 19.7 Å². The van der Waals surface area contributed by atoms with Crippen LogP contribution in [0.3, 0.4) is 0 Å². The van der Waals surface area contributed by atoms with Crippen molar-refractivity contribution in [3.63, 3.8) is 0 Å². The lowest BCUT2D eigenvalue weighted by Gasteiger charge is -2.11. The fourth-order valence-corrected chi connectivity index (χ4v) is 3.63. The van der Waals surface area contributed by atoms with Crippen LogP contribution in [-0.2, 0) is 6.61 Å². The van der Waals surface area contributed by atoms with Gasteiger partial charge in [0, 0.05) is 34.8 Å². The number of hydrogen-bond donors (Lipinski definition) is 2. The van der Waals surface area contributed by atoms with Gasteiger partial charge in [0.2, 0.25) is 0 Å². The zero-order valence-corrected chi connectivity index (χ0v) is 17.2. The van der Waals surface area contributed by atoms with Crippen molar-refractivity contribution in [1.82, 2.24) is 9.55 Å². The fourth-order valence-electron chi connectivity index (χ4n) is 3.63. The van der Waals surface area contributed by atoms with Gasteiger partial charge in [-0.3, -0.25) is 4.79 Å². The summed E-state index contributed by atoms with van der Waals surface area (Å²) in [5, 5.41) is 15.0. The van der Waals surface area contributed by atoms with Gasteiger partial charge in [-0.05, 0) is 49.1 Å². The number of aryl methyl sites for hydroxylation is 1. The standard InChI is InChI=1S/C25H23N3O3/c1-16-7-10-23(26-13-16)27-24(29)18-11-20-21(14-28(25(20)30)19-8-9-19)22(12-18)31-15-17-5-3-2-4-6-17/h2-7,10-14,19,30H,8-9,15H2,1H3,(H,26,27,29). The molecular weight excluding hydrogens is 390 g/mol. The first-order chi connectivity index (χ1) is 15.1. The number of pyridine rings is 1. The summed E-state index contributed by atoms with van der Waals surface area (Å²) in [6, 6.07) is 17.3. The molecule has 0 aliphatic heterocycles. The molecule has 6 heteroatoms. The highest BCUT2D eigenvalue weighted by molar-refractivity contribution is 6.08. The van der Waals surface area contributed by atoms with Crippen LogP contribution in [0.1, 0.15) is 40.4 Å². The first-order valence-electron chi connectivity index (χ1n) is 10.4. The highest BCUT2D eigenvalue weighted by atomic mass is 16.5.